The summed E-state index contributed by atoms with van der Waals surface area (Å²) in [5.74, 6) is 2.49. The zero-order chi connectivity index (χ0) is 22.2. The summed E-state index contributed by atoms with van der Waals surface area (Å²) >= 11 is 0. The fourth-order valence-corrected chi connectivity index (χ4v) is 6.17. The van der Waals surface area contributed by atoms with E-state index in [9.17, 15) is 4.79 Å². The van der Waals surface area contributed by atoms with Gasteiger partial charge in [-0.15, -0.1) is 0 Å². The van der Waals surface area contributed by atoms with Gasteiger partial charge in [-0.25, -0.2) is 0 Å². The van der Waals surface area contributed by atoms with Crippen LogP contribution >= 0.6 is 0 Å². The summed E-state index contributed by atoms with van der Waals surface area (Å²) in [7, 11) is 3.23. The van der Waals surface area contributed by atoms with Crippen molar-refractivity contribution in [2.75, 3.05) is 33.9 Å². The molecule has 172 valence electrons. The molecule has 3 aliphatic rings. The van der Waals surface area contributed by atoms with Gasteiger partial charge in [0.1, 0.15) is 11.8 Å². The number of fused-ring (bicyclic) bond motifs is 4. The molecule has 2 aliphatic carbocycles. The fraction of sp³-hybridized carbons (Fsp3) is 0.731. The second-order valence-electron chi connectivity index (χ2n) is 10.4. The first-order valence-corrected chi connectivity index (χ1v) is 12.1. The van der Waals surface area contributed by atoms with E-state index in [1.165, 1.54) is 50.6 Å². The van der Waals surface area contributed by atoms with E-state index in [2.05, 4.69) is 49.2 Å². The lowest BCUT2D eigenvalue weighted by molar-refractivity contribution is -0.144. The Hall–Kier alpha value is -1.59. The zero-order valence-electron chi connectivity index (χ0n) is 19.9. The van der Waals surface area contributed by atoms with Crippen molar-refractivity contribution in [2.24, 2.45) is 17.8 Å². The number of esters is 1. The second-order valence-corrected chi connectivity index (χ2v) is 10.4. The van der Waals surface area contributed by atoms with E-state index in [0.29, 0.717) is 12.0 Å². The van der Waals surface area contributed by atoms with Crippen molar-refractivity contribution in [3.63, 3.8) is 0 Å². The quantitative estimate of drug-likeness (QED) is 0.607. The van der Waals surface area contributed by atoms with Crippen LogP contribution in [0.2, 0.25) is 0 Å². The van der Waals surface area contributed by atoms with Crippen LogP contribution in [0.15, 0.2) is 18.2 Å². The molecule has 5 nitrogen and oxygen atoms in total. The lowest BCUT2D eigenvalue weighted by atomic mass is 9.56. The van der Waals surface area contributed by atoms with Crippen LogP contribution in [0.25, 0.3) is 0 Å². The van der Waals surface area contributed by atoms with E-state index in [4.69, 9.17) is 9.47 Å². The van der Waals surface area contributed by atoms with Gasteiger partial charge in [-0.1, -0.05) is 26.8 Å². The SMILES string of the molecule is COC(=O)[C@@H](NCC[C@@]12CCN(CC3CC3)[C@@H](Cc3ccc(OC)cc31)[C@H]2C)C(C)C. The Balaban J connectivity index is 1.59. The maximum absolute atomic E-state index is 12.2. The van der Waals surface area contributed by atoms with Crippen LogP contribution in [-0.2, 0) is 21.4 Å². The number of likely N-dealkylation sites (tertiary alicyclic amines) is 1. The number of carbonyl (C=O) groups is 1. The third kappa shape index (κ3) is 4.36. The lowest BCUT2D eigenvalue weighted by Gasteiger charge is -2.56. The van der Waals surface area contributed by atoms with Crippen molar-refractivity contribution in [1.29, 1.82) is 0 Å². The number of nitrogens with one attached hydrogen (secondary N) is 1. The standard InChI is InChI=1S/C26H40N2O3/c1-17(2)24(25(29)31-5)27-12-10-26-11-13-28(16-19-6-7-19)23(18(26)3)14-20-8-9-21(30-4)15-22(20)26/h8-9,15,17-19,23-24,27H,6-7,10-14,16H2,1-5H3/t18-,23+,24+,26+/m1/s1. The summed E-state index contributed by atoms with van der Waals surface area (Å²) in [6, 6.07) is 7.06. The Morgan fingerprint density at radius 3 is 2.71 bits per heavy atom. The summed E-state index contributed by atoms with van der Waals surface area (Å²) in [5.41, 5.74) is 3.08. The average molecular weight is 429 g/mol. The van der Waals surface area contributed by atoms with Gasteiger partial charge in [-0.05, 0) is 86.2 Å². The smallest absolute Gasteiger partial charge is 0.323 e. The molecule has 31 heavy (non-hydrogen) atoms. The number of hydrogen-bond acceptors (Lipinski definition) is 5. The molecule has 0 unspecified atom stereocenters. The first-order valence-electron chi connectivity index (χ1n) is 12.1. The van der Waals surface area contributed by atoms with E-state index in [-0.39, 0.29) is 23.3 Å². The number of carbonyl (C=O) groups excluding carboxylic acids is 1. The Morgan fingerprint density at radius 1 is 1.29 bits per heavy atom. The highest BCUT2D eigenvalue weighted by Crippen LogP contribution is 2.52. The predicted octanol–water partition coefficient (Wildman–Crippen LogP) is 3.79. The van der Waals surface area contributed by atoms with Gasteiger partial charge in [-0.2, -0.15) is 0 Å². The topological polar surface area (TPSA) is 50.8 Å². The lowest BCUT2D eigenvalue weighted by Crippen LogP contribution is -2.60. The highest BCUT2D eigenvalue weighted by molar-refractivity contribution is 5.75. The van der Waals surface area contributed by atoms with Gasteiger partial charge in [0.25, 0.3) is 0 Å². The Labute approximate surface area is 187 Å². The first kappa shape index (κ1) is 22.6. The molecule has 1 aromatic rings. The largest absolute Gasteiger partial charge is 0.497 e. The van der Waals surface area contributed by atoms with Gasteiger partial charge < -0.3 is 14.8 Å². The molecule has 4 atom stereocenters. The van der Waals surface area contributed by atoms with Gasteiger partial charge in [0, 0.05) is 18.0 Å². The summed E-state index contributed by atoms with van der Waals surface area (Å²) in [6.07, 6.45) is 6.15. The first-order chi connectivity index (χ1) is 14.9. The fourth-order valence-electron chi connectivity index (χ4n) is 6.17. The molecule has 5 heteroatoms. The molecule has 0 spiro atoms. The molecule has 2 bridgehead atoms. The monoisotopic (exact) mass is 428 g/mol. The number of hydrogen-bond donors (Lipinski definition) is 1. The molecule has 1 saturated carbocycles. The molecular formula is C26H40N2O3. The van der Waals surface area contributed by atoms with Crippen molar-refractivity contribution in [2.45, 2.75) is 70.4 Å². The normalized spacial score (nSPS) is 28.8. The number of methoxy groups -OCH3 is 2. The van der Waals surface area contributed by atoms with Crippen molar-refractivity contribution in [3.8, 4) is 5.75 Å². The minimum absolute atomic E-state index is 0.123. The maximum atomic E-state index is 12.2. The van der Waals surface area contributed by atoms with Crippen molar-refractivity contribution in [1.82, 2.24) is 10.2 Å². The molecule has 4 rings (SSSR count). The van der Waals surface area contributed by atoms with Crippen LogP contribution in [0, 0.1) is 17.8 Å². The van der Waals surface area contributed by atoms with E-state index in [0.717, 1.165) is 31.1 Å². The molecule has 1 N–H and O–H groups in total. The Kier molecular flexibility index (Phi) is 6.64. The van der Waals surface area contributed by atoms with Crippen LogP contribution in [-0.4, -0.2) is 56.8 Å². The molecule has 0 aromatic heterocycles. The number of benzene rings is 1. The van der Waals surface area contributed by atoms with E-state index < -0.39 is 0 Å². The summed E-state index contributed by atoms with van der Waals surface area (Å²) in [4.78, 5) is 15.0. The maximum Gasteiger partial charge on any atom is 0.323 e. The molecule has 0 radical (unpaired) electrons. The third-order valence-corrected chi connectivity index (χ3v) is 8.29. The molecule has 1 aliphatic heterocycles. The summed E-state index contributed by atoms with van der Waals surface area (Å²) in [6.45, 7) is 9.87. The minimum Gasteiger partial charge on any atom is -0.497 e. The number of piperidine rings is 1. The zero-order valence-corrected chi connectivity index (χ0v) is 19.9. The minimum atomic E-state index is -0.254. The highest BCUT2D eigenvalue weighted by Gasteiger charge is 2.51. The van der Waals surface area contributed by atoms with Crippen LogP contribution < -0.4 is 10.1 Å². The highest BCUT2D eigenvalue weighted by atomic mass is 16.5. The van der Waals surface area contributed by atoms with Crippen LogP contribution in [0.4, 0.5) is 0 Å². The van der Waals surface area contributed by atoms with Crippen molar-refractivity contribution < 1.29 is 14.3 Å². The van der Waals surface area contributed by atoms with Gasteiger partial charge in [0.15, 0.2) is 0 Å². The number of rotatable bonds is 9. The third-order valence-electron chi connectivity index (χ3n) is 8.29. The Morgan fingerprint density at radius 2 is 2.06 bits per heavy atom. The molecule has 0 amide bonds. The summed E-state index contributed by atoms with van der Waals surface area (Å²) < 4.78 is 10.6. The van der Waals surface area contributed by atoms with E-state index in [1.807, 2.05) is 0 Å². The van der Waals surface area contributed by atoms with Gasteiger partial charge in [-0.3, -0.25) is 9.69 Å². The molecular weight excluding hydrogens is 388 g/mol. The van der Waals surface area contributed by atoms with Gasteiger partial charge in [0.05, 0.1) is 14.2 Å². The van der Waals surface area contributed by atoms with Gasteiger partial charge >= 0.3 is 5.97 Å². The van der Waals surface area contributed by atoms with Crippen molar-refractivity contribution in [3.05, 3.63) is 29.3 Å². The second kappa shape index (κ2) is 9.11. The van der Waals surface area contributed by atoms with Crippen LogP contribution in [0.5, 0.6) is 5.75 Å². The van der Waals surface area contributed by atoms with Gasteiger partial charge in [0.2, 0.25) is 0 Å². The number of nitrogens with zero attached hydrogens (tertiary/aromatic N) is 1. The van der Waals surface area contributed by atoms with E-state index >= 15 is 0 Å². The summed E-state index contributed by atoms with van der Waals surface area (Å²) in [5, 5.41) is 3.53. The Bertz CT molecular complexity index is 791. The van der Waals surface area contributed by atoms with E-state index in [1.54, 1.807) is 7.11 Å². The molecule has 2 fully saturated rings. The number of ether oxygens (including phenoxy) is 2. The molecule has 1 heterocycles. The average Bonchev–Trinajstić information content (AvgIpc) is 3.58. The predicted molar refractivity (Wildman–Crippen MR) is 124 cm³/mol. The van der Waals surface area contributed by atoms with Crippen LogP contribution in [0.3, 0.4) is 0 Å². The van der Waals surface area contributed by atoms with Crippen molar-refractivity contribution >= 4 is 5.97 Å². The molecule has 1 saturated heterocycles. The van der Waals surface area contributed by atoms with Crippen LogP contribution in [0.1, 0.15) is 57.6 Å². The molecule has 1 aromatic carbocycles.